The number of likely N-dealkylation sites (tertiary alicyclic amines) is 1. The quantitative estimate of drug-likeness (QED) is 0.580. The van der Waals surface area contributed by atoms with Crippen molar-refractivity contribution in [1.82, 2.24) is 15.5 Å². The molecule has 2 aliphatic rings. The summed E-state index contributed by atoms with van der Waals surface area (Å²) in [7, 11) is 0. The summed E-state index contributed by atoms with van der Waals surface area (Å²) >= 11 is 0. The number of alkyl carbamates (subject to hydrolysis) is 1. The number of nitrogens with zero attached hydrogens (tertiary/aromatic N) is 1. The van der Waals surface area contributed by atoms with Gasteiger partial charge in [-0.15, -0.1) is 0 Å². The van der Waals surface area contributed by atoms with Crippen LogP contribution in [0, 0.1) is 17.8 Å². The summed E-state index contributed by atoms with van der Waals surface area (Å²) in [6.45, 7) is 6.49. The molecule has 2 N–H and O–H groups in total. The van der Waals surface area contributed by atoms with E-state index in [4.69, 9.17) is 4.74 Å². The Kier molecular flexibility index (Phi) is 8.26. The largest absolute Gasteiger partial charge is 0.450 e. The Balaban J connectivity index is 1.79. The lowest BCUT2D eigenvalue weighted by molar-refractivity contribution is -0.140. The minimum Gasteiger partial charge on any atom is -0.450 e. The summed E-state index contributed by atoms with van der Waals surface area (Å²) in [6, 6.07) is -0.235. The van der Waals surface area contributed by atoms with Crippen LogP contribution in [-0.4, -0.2) is 54.5 Å². The van der Waals surface area contributed by atoms with E-state index >= 15 is 0 Å². The van der Waals surface area contributed by atoms with Crippen LogP contribution in [0.3, 0.4) is 0 Å². The molecule has 1 aliphatic carbocycles. The van der Waals surface area contributed by atoms with E-state index < -0.39 is 6.09 Å². The number of rotatable bonds is 9. The van der Waals surface area contributed by atoms with E-state index in [2.05, 4.69) is 10.6 Å². The smallest absolute Gasteiger partial charge is 0.407 e. The van der Waals surface area contributed by atoms with Gasteiger partial charge in [-0.2, -0.15) is 0 Å². The topological polar surface area (TPSA) is 105 Å². The number of carbonyl (C=O) groups is 4. The monoisotopic (exact) mass is 395 g/mol. The van der Waals surface area contributed by atoms with Gasteiger partial charge in [-0.05, 0) is 32.1 Å². The predicted molar refractivity (Wildman–Crippen MR) is 103 cm³/mol. The van der Waals surface area contributed by atoms with Gasteiger partial charge >= 0.3 is 6.09 Å². The molecular weight excluding hydrogens is 362 g/mol. The van der Waals surface area contributed by atoms with E-state index in [0.717, 1.165) is 25.7 Å². The number of ether oxygens (including phenoxy) is 1. The van der Waals surface area contributed by atoms with Gasteiger partial charge in [-0.3, -0.25) is 19.3 Å². The molecule has 2 rings (SSSR count). The molecule has 1 heterocycles. The molecule has 1 saturated carbocycles. The van der Waals surface area contributed by atoms with Gasteiger partial charge in [0.1, 0.15) is 0 Å². The van der Waals surface area contributed by atoms with E-state index in [0.29, 0.717) is 12.3 Å². The minimum atomic E-state index is -0.502. The van der Waals surface area contributed by atoms with Crippen molar-refractivity contribution in [3.8, 4) is 0 Å². The average Bonchev–Trinajstić information content (AvgIpc) is 2.89. The van der Waals surface area contributed by atoms with Gasteiger partial charge in [0.15, 0.2) is 0 Å². The lowest BCUT2D eigenvalue weighted by Crippen LogP contribution is -2.45. The minimum absolute atomic E-state index is 0.0741. The van der Waals surface area contributed by atoms with Gasteiger partial charge in [0.25, 0.3) is 0 Å². The molecule has 158 valence electrons. The molecule has 0 aromatic rings. The molecule has 3 atom stereocenters. The van der Waals surface area contributed by atoms with Crippen molar-refractivity contribution in [2.45, 2.75) is 65.3 Å². The summed E-state index contributed by atoms with van der Waals surface area (Å²) in [5.74, 6) is -0.516. The van der Waals surface area contributed by atoms with Crippen molar-refractivity contribution < 1.29 is 23.9 Å². The molecule has 4 amide bonds. The van der Waals surface area contributed by atoms with Crippen LogP contribution in [-0.2, 0) is 19.1 Å². The molecule has 28 heavy (non-hydrogen) atoms. The van der Waals surface area contributed by atoms with Crippen LogP contribution < -0.4 is 10.6 Å². The van der Waals surface area contributed by atoms with Crippen molar-refractivity contribution in [1.29, 1.82) is 0 Å². The highest BCUT2D eigenvalue weighted by molar-refractivity contribution is 6.05. The fourth-order valence-corrected chi connectivity index (χ4v) is 4.09. The highest BCUT2D eigenvalue weighted by Gasteiger charge is 2.47. The third-order valence-corrected chi connectivity index (χ3v) is 5.39. The maximum atomic E-state index is 12.4. The van der Waals surface area contributed by atoms with Gasteiger partial charge < -0.3 is 15.4 Å². The first kappa shape index (κ1) is 22.2. The molecule has 0 spiro atoms. The number of imide groups is 1. The maximum Gasteiger partial charge on any atom is 0.407 e. The second-order valence-corrected chi connectivity index (χ2v) is 8.07. The SMILES string of the molecule is CCOC(=O)NC(CNC(=O)CCN1C(=O)C2CCCCC2C1=O)CC(C)C. The van der Waals surface area contributed by atoms with Crippen LogP contribution >= 0.6 is 0 Å². The van der Waals surface area contributed by atoms with Crippen molar-refractivity contribution in [2.75, 3.05) is 19.7 Å². The molecule has 8 heteroatoms. The number of fused-ring (bicyclic) bond motifs is 1. The maximum absolute atomic E-state index is 12.4. The summed E-state index contributed by atoms with van der Waals surface area (Å²) in [5, 5.41) is 5.55. The highest BCUT2D eigenvalue weighted by atomic mass is 16.5. The molecule has 8 nitrogen and oxygen atoms in total. The van der Waals surface area contributed by atoms with Gasteiger partial charge in [0.2, 0.25) is 17.7 Å². The average molecular weight is 396 g/mol. The summed E-state index contributed by atoms with van der Waals surface area (Å²) in [5.41, 5.74) is 0. The Labute approximate surface area is 166 Å². The fourth-order valence-electron chi connectivity index (χ4n) is 4.09. The van der Waals surface area contributed by atoms with Gasteiger partial charge in [0.05, 0.1) is 18.4 Å². The summed E-state index contributed by atoms with van der Waals surface area (Å²) in [6.07, 6.45) is 3.79. The Morgan fingerprint density at radius 1 is 1.14 bits per heavy atom. The second-order valence-electron chi connectivity index (χ2n) is 8.07. The number of hydrogen-bond donors (Lipinski definition) is 2. The van der Waals surface area contributed by atoms with Gasteiger partial charge in [-0.25, -0.2) is 4.79 Å². The van der Waals surface area contributed by atoms with Crippen LogP contribution in [0.4, 0.5) is 4.79 Å². The zero-order chi connectivity index (χ0) is 20.7. The first-order valence-electron chi connectivity index (χ1n) is 10.4. The van der Waals surface area contributed by atoms with Crippen LogP contribution in [0.15, 0.2) is 0 Å². The van der Waals surface area contributed by atoms with E-state index in [-0.39, 0.29) is 61.7 Å². The number of carbonyl (C=O) groups excluding carboxylic acids is 4. The number of amides is 4. The van der Waals surface area contributed by atoms with Gasteiger partial charge in [0, 0.05) is 25.6 Å². The van der Waals surface area contributed by atoms with Crippen LogP contribution in [0.25, 0.3) is 0 Å². The van der Waals surface area contributed by atoms with Crippen LogP contribution in [0.5, 0.6) is 0 Å². The highest BCUT2D eigenvalue weighted by Crippen LogP contribution is 2.37. The van der Waals surface area contributed by atoms with Crippen molar-refractivity contribution >= 4 is 23.8 Å². The molecule has 0 aromatic heterocycles. The molecule has 0 aromatic carbocycles. The van der Waals surface area contributed by atoms with Crippen LogP contribution in [0.1, 0.15) is 59.3 Å². The zero-order valence-electron chi connectivity index (χ0n) is 17.2. The first-order valence-corrected chi connectivity index (χ1v) is 10.4. The lowest BCUT2D eigenvalue weighted by Gasteiger charge is -2.21. The molecule has 2 fully saturated rings. The molecule has 3 unspecified atom stereocenters. The van der Waals surface area contributed by atoms with Gasteiger partial charge in [-0.1, -0.05) is 26.7 Å². The van der Waals surface area contributed by atoms with E-state index in [1.807, 2.05) is 13.8 Å². The third-order valence-electron chi connectivity index (χ3n) is 5.39. The molecule has 0 bridgehead atoms. The zero-order valence-corrected chi connectivity index (χ0v) is 17.2. The second kappa shape index (κ2) is 10.4. The summed E-state index contributed by atoms with van der Waals surface area (Å²) in [4.78, 5) is 50.0. The van der Waals surface area contributed by atoms with E-state index in [9.17, 15) is 19.2 Å². The van der Waals surface area contributed by atoms with E-state index in [1.165, 1.54) is 4.90 Å². The van der Waals surface area contributed by atoms with Crippen molar-refractivity contribution in [3.63, 3.8) is 0 Å². The number of nitrogens with one attached hydrogen (secondary N) is 2. The Hall–Kier alpha value is -2.12. The standard InChI is InChI=1S/C20H33N3O5/c1-4-28-20(27)22-14(11-13(2)3)12-21-17(24)9-10-23-18(25)15-7-5-6-8-16(15)19(23)26/h13-16H,4-12H2,1-3H3,(H,21,24)(H,22,27). The van der Waals surface area contributed by atoms with Crippen molar-refractivity contribution in [3.05, 3.63) is 0 Å². The molecule has 1 aliphatic heterocycles. The Morgan fingerprint density at radius 3 is 2.29 bits per heavy atom. The molecule has 0 radical (unpaired) electrons. The summed E-state index contributed by atoms with van der Waals surface area (Å²) < 4.78 is 4.90. The Bertz CT molecular complexity index is 568. The Morgan fingerprint density at radius 2 is 1.75 bits per heavy atom. The molecule has 1 saturated heterocycles. The third kappa shape index (κ3) is 5.94. The van der Waals surface area contributed by atoms with E-state index in [1.54, 1.807) is 6.92 Å². The molecular formula is C20H33N3O5. The van der Waals surface area contributed by atoms with Crippen LogP contribution in [0.2, 0.25) is 0 Å². The van der Waals surface area contributed by atoms with Crippen molar-refractivity contribution in [2.24, 2.45) is 17.8 Å². The lowest BCUT2D eigenvalue weighted by atomic mass is 9.81. The normalized spacial score (nSPS) is 22.8. The first-order chi connectivity index (χ1) is 13.3. The predicted octanol–water partition coefficient (Wildman–Crippen LogP) is 1.83. The number of hydrogen-bond acceptors (Lipinski definition) is 5. The fraction of sp³-hybridized carbons (Fsp3) is 0.800.